The summed E-state index contributed by atoms with van der Waals surface area (Å²) >= 11 is 0. The van der Waals surface area contributed by atoms with E-state index in [1.807, 2.05) is 61.5 Å². The zero-order chi connectivity index (χ0) is 19.6. The van der Waals surface area contributed by atoms with Gasteiger partial charge in [0, 0.05) is 11.6 Å². The Morgan fingerprint density at radius 2 is 1.96 bits per heavy atom. The zero-order valence-corrected chi connectivity index (χ0v) is 15.3. The number of nitrogens with one attached hydrogen (secondary N) is 2. The lowest BCUT2D eigenvalue weighted by Gasteiger charge is -2.23. The third-order valence-corrected chi connectivity index (χ3v) is 4.05. The highest BCUT2D eigenvalue weighted by molar-refractivity contribution is 5.83. The van der Waals surface area contributed by atoms with Crippen molar-refractivity contribution in [3.8, 4) is 0 Å². The van der Waals surface area contributed by atoms with E-state index in [1.54, 1.807) is 6.20 Å². The summed E-state index contributed by atoms with van der Waals surface area (Å²) in [6.45, 7) is 0.153. The molecule has 3 aromatic rings. The number of aromatic amines is 1. The van der Waals surface area contributed by atoms with Crippen LogP contribution in [0.15, 0.2) is 48.7 Å². The Balaban J connectivity index is 0.000000817. The van der Waals surface area contributed by atoms with Crippen LogP contribution in [0.2, 0.25) is 0 Å². The van der Waals surface area contributed by atoms with E-state index in [9.17, 15) is 4.79 Å². The van der Waals surface area contributed by atoms with Crippen molar-refractivity contribution in [1.29, 1.82) is 0 Å². The Morgan fingerprint density at radius 3 is 2.63 bits per heavy atom. The highest BCUT2D eigenvalue weighted by atomic mass is 16.3. The maximum Gasteiger partial charge on any atom is 0.290 e. The summed E-state index contributed by atoms with van der Waals surface area (Å²) in [6, 6.07) is 13.6. The highest BCUT2D eigenvalue weighted by Gasteiger charge is 2.21. The predicted octanol–water partition coefficient (Wildman–Crippen LogP) is 1.45. The summed E-state index contributed by atoms with van der Waals surface area (Å²) < 4.78 is 0. The lowest BCUT2D eigenvalue weighted by molar-refractivity contribution is -0.125. The van der Waals surface area contributed by atoms with Crippen molar-refractivity contribution in [3.63, 3.8) is 0 Å². The van der Waals surface area contributed by atoms with Gasteiger partial charge in [-0.15, -0.1) is 0 Å². The largest absolute Gasteiger partial charge is 0.483 e. The van der Waals surface area contributed by atoms with Gasteiger partial charge in [-0.2, -0.15) is 5.10 Å². The van der Waals surface area contributed by atoms with Crippen LogP contribution >= 0.6 is 0 Å². The molecular formula is C19H23N5O3. The highest BCUT2D eigenvalue weighted by Crippen LogP contribution is 2.13. The van der Waals surface area contributed by atoms with Gasteiger partial charge in [0.05, 0.1) is 18.3 Å². The van der Waals surface area contributed by atoms with Gasteiger partial charge in [-0.3, -0.25) is 19.6 Å². The molecule has 0 spiro atoms. The summed E-state index contributed by atoms with van der Waals surface area (Å²) in [7, 11) is 3.84. The van der Waals surface area contributed by atoms with Crippen molar-refractivity contribution in [1.82, 2.24) is 25.4 Å². The number of hydrogen-bond donors (Lipinski definition) is 3. The molecular weight excluding hydrogens is 346 g/mol. The number of aromatic nitrogens is 3. The van der Waals surface area contributed by atoms with Crippen molar-refractivity contribution in [3.05, 3.63) is 59.9 Å². The van der Waals surface area contributed by atoms with Crippen LogP contribution in [0.3, 0.4) is 0 Å². The molecule has 0 aliphatic rings. The maximum absolute atomic E-state index is 12.6. The molecule has 1 aromatic carbocycles. The number of likely N-dealkylation sites (N-methyl/N-ethyl adjacent to an activating group) is 1. The molecule has 0 aliphatic heterocycles. The minimum absolute atomic E-state index is 0.00417. The first-order valence-corrected chi connectivity index (χ1v) is 8.40. The second-order valence-electron chi connectivity index (χ2n) is 6.07. The van der Waals surface area contributed by atoms with E-state index in [1.165, 1.54) is 0 Å². The molecule has 8 nitrogen and oxygen atoms in total. The molecule has 0 saturated carbocycles. The van der Waals surface area contributed by atoms with Crippen molar-refractivity contribution in [2.24, 2.45) is 0 Å². The first kappa shape index (κ1) is 20.1. The number of H-pyrrole nitrogens is 1. The van der Waals surface area contributed by atoms with Gasteiger partial charge in [-0.05, 0) is 38.2 Å². The zero-order valence-electron chi connectivity index (χ0n) is 15.3. The molecule has 142 valence electrons. The van der Waals surface area contributed by atoms with Crippen molar-refractivity contribution < 1.29 is 14.7 Å². The number of carboxylic acid groups (broad SMARTS) is 1. The SMILES string of the molecule is CN(C)[C@@H](Cc1ccccc1)C(=O)NCc1[nH]nc2ncccc12.O=CO. The Kier molecular flexibility index (Phi) is 7.45. The fourth-order valence-corrected chi connectivity index (χ4v) is 2.68. The molecule has 1 atom stereocenters. The molecule has 3 N–H and O–H groups in total. The van der Waals surface area contributed by atoms with E-state index in [0.29, 0.717) is 18.6 Å². The molecule has 0 unspecified atom stereocenters. The maximum atomic E-state index is 12.6. The van der Waals surface area contributed by atoms with Crippen LogP contribution in [-0.4, -0.2) is 57.7 Å². The second-order valence-corrected chi connectivity index (χ2v) is 6.07. The summed E-state index contributed by atoms with van der Waals surface area (Å²) in [5.41, 5.74) is 2.67. The Bertz CT molecular complexity index is 864. The van der Waals surface area contributed by atoms with E-state index >= 15 is 0 Å². The number of amides is 1. The summed E-state index contributed by atoms with van der Waals surface area (Å²) in [5.74, 6) is -0.00417. The molecule has 0 saturated heterocycles. The number of hydrogen-bond acceptors (Lipinski definition) is 5. The van der Waals surface area contributed by atoms with E-state index in [-0.39, 0.29) is 18.4 Å². The van der Waals surface area contributed by atoms with Gasteiger partial charge >= 0.3 is 0 Å². The summed E-state index contributed by atoms with van der Waals surface area (Å²) in [6.07, 6.45) is 2.37. The number of carbonyl (C=O) groups is 2. The van der Waals surface area contributed by atoms with Crippen LogP contribution in [0, 0.1) is 0 Å². The van der Waals surface area contributed by atoms with Crippen molar-refractivity contribution >= 4 is 23.4 Å². The van der Waals surface area contributed by atoms with E-state index in [2.05, 4.69) is 20.5 Å². The van der Waals surface area contributed by atoms with Crippen LogP contribution in [0.5, 0.6) is 0 Å². The normalized spacial score (nSPS) is 11.5. The molecule has 0 fully saturated rings. The third-order valence-electron chi connectivity index (χ3n) is 4.05. The molecule has 8 heteroatoms. The topological polar surface area (TPSA) is 111 Å². The Labute approximate surface area is 157 Å². The van der Waals surface area contributed by atoms with Gasteiger partial charge in [0.2, 0.25) is 5.91 Å². The Hall–Kier alpha value is -3.26. The van der Waals surface area contributed by atoms with Crippen LogP contribution < -0.4 is 5.32 Å². The first-order valence-electron chi connectivity index (χ1n) is 8.40. The van der Waals surface area contributed by atoms with Gasteiger partial charge in [0.25, 0.3) is 6.47 Å². The predicted molar refractivity (Wildman–Crippen MR) is 102 cm³/mol. The minimum atomic E-state index is -0.250. The summed E-state index contributed by atoms with van der Waals surface area (Å²) in [5, 5.41) is 17.9. The minimum Gasteiger partial charge on any atom is -0.483 e. The Morgan fingerprint density at radius 1 is 1.26 bits per heavy atom. The number of fused-ring (bicyclic) bond motifs is 1. The standard InChI is InChI=1S/C18H21N5O.CH2O2/c1-23(2)16(11-13-7-4-3-5-8-13)18(24)20-12-15-14-9-6-10-19-17(14)22-21-15;2-1-3/h3-10,16H,11-12H2,1-2H3,(H,20,24)(H,19,21,22);1H,(H,2,3)/t16-;/m0./s1. The molecule has 0 bridgehead atoms. The molecule has 27 heavy (non-hydrogen) atoms. The lowest BCUT2D eigenvalue weighted by Crippen LogP contribution is -2.44. The number of rotatable bonds is 6. The van der Waals surface area contributed by atoms with Crippen LogP contribution in [0.4, 0.5) is 0 Å². The van der Waals surface area contributed by atoms with Crippen LogP contribution in [0.25, 0.3) is 11.0 Å². The average Bonchev–Trinajstić information content (AvgIpc) is 3.08. The van der Waals surface area contributed by atoms with Crippen LogP contribution in [0.1, 0.15) is 11.3 Å². The monoisotopic (exact) mass is 369 g/mol. The van der Waals surface area contributed by atoms with Crippen molar-refractivity contribution in [2.45, 2.75) is 19.0 Å². The second kappa shape index (κ2) is 10.0. The van der Waals surface area contributed by atoms with E-state index < -0.39 is 0 Å². The van der Waals surface area contributed by atoms with Gasteiger partial charge in [-0.1, -0.05) is 30.3 Å². The average molecular weight is 369 g/mol. The summed E-state index contributed by atoms with van der Waals surface area (Å²) in [4.78, 5) is 27.1. The van der Waals surface area contributed by atoms with Gasteiger partial charge < -0.3 is 10.4 Å². The number of nitrogens with zero attached hydrogens (tertiary/aromatic N) is 3. The van der Waals surface area contributed by atoms with Gasteiger partial charge in [0.15, 0.2) is 5.65 Å². The smallest absolute Gasteiger partial charge is 0.290 e. The molecule has 0 radical (unpaired) electrons. The van der Waals surface area contributed by atoms with E-state index in [0.717, 1.165) is 16.6 Å². The quantitative estimate of drug-likeness (QED) is 0.567. The fraction of sp³-hybridized carbons (Fsp3) is 0.263. The fourth-order valence-electron chi connectivity index (χ4n) is 2.68. The van der Waals surface area contributed by atoms with Crippen LogP contribution in [-0.2, 0) is 22.6 Å². The van der Waals surface area contributed by atoms with Gasteiger partial charge in [-0.25, -0.2) is 4.98 Å². The number of carbonyl (C=O) groups excluding carboxylic acids is 1. The van der Waals surface area contributed by atoms with Gasteiger partial charge in [0.1, 0.15) is 0 Å². The molecule has 2 aromatic heterocycles. The number of benzene rings is 1. The van der Waals surface area contributed by atoms with E-state index in [4.69, 9.17) is 9.90 Å². The molecule has 3 rings (SSSR count). The molecule has 2 heterocycles. The third kappa shape index (κ3) is 5.61. The molecule has 0 aliphatic carbocycles. The molecule has 1 amide bonds. The first-order chi connectivity index (χ1) is 13.1. The lowest BCUT2D eigenvalue weighted by atomic mass is 10.0. The van der Waals surface area contributed by atoms with Crippen molar-refractivity contribution in [2.75, 3.05) is 14.1 Å². The number of pyridine rings is 1.